The van der Waals surface area contributed by atoms with Crippen LogP contribution in [-0.4, -0.2) is 34.8 Å². The molecule has 0 saturated heterocycles. The van der Waals surface area contributed by atoms with Crippen LogP contribution in [0.2, 0.25) is 0 Å². The first-order valence-electron chi connectivity index (χ1n) is 11.5. The number of nitrogens with zero attached hydrogens (tertiary/aromatic N) is 3. The maximum absolute atomic E-state index is 13.3. The molecule has 3 aromatic rings. The molecule has 0 aliphatic heterocycles. The van der Waals surface area contributed by atoms with Gasteiger partial charge in [0.1, 0.15) is 5.56 Å². The zero-order chi connectivity index (χ0) is 24.8. The van der Waals surface area contributed by atoms with Crippen LogP contribution in [0.5, 0.6) is 0 Å². The van der Waals surface area contributed by atoms with Crippen molar-refractivity contribution >= 4 is 11.9 Å². The Morgan fingerprint density at radius 1 is 1.09 bits per heavy atom. The average Bonchev–Trinajstić information content (AvgIpc) is 2.90. The number of hydrogen-bond acceptors (Lipinski definition) is 6. The number of carbonyl (C=O) groups is 2. The Hall–Kier alpha value is -4.25. The van der Waals surface area contributed by atoms with Gasteiger partial charge in [-0.25, -0.2) is 4.68 Å². The molecule has 4 rings (SSSR count). The second kappa shape index (κ2) is 10.8. The van der Waals surface area contributed by atoms with Gasteiger partial charge >= 0.3 is 5.97 Å². The van der Waals surface area contributed by atoms with E-state index >= 15 is 0 Å². The lowest BCUT2D eigenvalue weighted by molar-refractivity contribution is -0.146. The zero-order valence-electron chi connectivity index (χ0n) is 19.4. The zero-order valence-corrected chi connectivity index (χ0v) is 19.4. The Morgan fingerprint density at radius 3 is 2.40 bits per heavy atom. The molecule has 0 atom stereocenters. The third-order valence-corrected chi connectivity index (χ3v) is 6.30. The Morgan fingerprint density at radius 2 is 1.77 bits per heavy atom. The number of nitrogens with one attached hydrogen (secondary N) is 1. The molecular formula is C27H26N4O4. The fraction of sp³-hybridized carbons (Fsp3) is 0.296. The molecule has 1 aliphatic carbocycles. The minimum atomic E-state index is -0.480. The van der Waals surface area contributed by atoms with Crippen molar-refractivity contribution in [2.75, 3.05) is 7.11 Å². The molecule has 2 aromatic carbocycles. The molecule has 0 radical (unpaired) electrons. The van der Waals surface area contributed by atoms with E-state index in [9.17, 15) is 14.4 Å². The third-order valence-electron chi connectivity index (χ3n) is 6.30. The monoisotopic (exact) mass is 470 g/mol. The van der Waals surface area contributed by atoms with Gasteiger partial charge in [0.25, 0.3) is 11.5 Å². The maximum atomic E-state index is 13.3. The fourth-order valence-corrected chi connectivity index (χ4v) is 4.33. The molecule has 1 aromatic heterocycles. The van der Waals surface area contributed by atoms with Crippen LogP contribution in [0.1, 0.15) is 47.2 Å². The molecule has 8 heteroatoms. The minimum Gasteiger partial charge on any atom is -0.469 e. The van der Waals surface area contributed by atoms with Gasteiger partial charge in [-0.2, -0.15) is 10.4 Å². The summed E-state index contributed by atoms with van der Waals surface area (Å²) >= 11 is 0. The molecular weight excluding hydrogens is 444 g/mol. The average molecular weight is 471 g/mol. The molecule has 1 amide bonds. The van der Waals surface area contributed by atoms with E-state index in [4.69, 9.17) is 10.00 Å². The normalized spacial score (nSPS) is 17.3. The number of carbonyl (C=O) groups excluding carboxylic acids is 2. The number of hydrogen-bond donors (Lipinski definition) is 1. The molecule has 35 heavy (non-hydrogen) atoms. The van der Waals surface area contributed by atoms with Crippen molar-refractivity contribution in [2.45, 2.75) is 38.3 Å². The molecule has 1 fully saturated rings. The molecule has 0 unspecified atom stereocenters. The van der Waals surface area contributed by atoms with Gasteiger partial charge < -0.3 is 10.1 Å². The van der Waals surface area contributed by atoms with Gasteiger partial charge in [-0.3, -0.25) is 14.4 Å². The number of rotatable bonds is 6. The Balaban J connectivity index is 1.62. The summed E-state index contributed by atoms with van der Waals surface area (Å²) in [5.74, 6) is -0.837. The van der Waals surface area contributed by atoms with E-state index < -0.39 is 11.5 Å². The predicted octanol–water partition coefficient (Wildman–Crippen LogP) is 3.29. The topological polar surface area (TPSA) is 114 Å². The van der Waals surface area contributed by atoms with Crippen molar-refractivity contribution in [3.8, 4) is 17.3 Å². The van der Waals surface area contributed by atoms with Crippen molar-refractivity contribution in [2.24, 2.45) is 5.92 Å². The van der Waals surface area contributed by atoms with Crippen LogP contribution >= 0.6 is 0 Å². The Bertz CT molecular complexity index is 1300. The fourth-order valence-electron chi connectivity index (χ4n) is 4.33. The van der Waals surface area contributed by atoms with Crippen molar-refractivity contribution in [3.63, 3.8) is 0 Å². The number of esters is 1. The van der Waals surface area contributed by atoms with Crippen LogP contribution in [0, 0.1) is 17.2 Å². The van der Waals surface area contributed by atoms with Gasteiger partial charge in [-0.15, -0.1) is 0 Å². The van der Waals surface area contributed by atoms with Crippen molar-refractivity contribution in [3.05, 3.63) is 87.7 Å². The first-order chi connectivity index (χ1) is 17.0. The SMILES string of the molecule is COC(=O)[C@H]1CC[C@H](NC(=O)c2cc(-c3ccc(C#N)cc3)nn(Cc3ccccc3)c2=O)CC1. The lowest BCUT2D eigenvalue weighted by Crippen LogP contribution is -2.42. The van der Waals surface area contributed by atoms with Crippen LogP contribution in [0.25, 0.3) is 11.3 Å². The molecule has 1 saturated carbocycles. The largest absolute Gasteiger partial charge is 0.469 e. The van der Waals surface area contributed by atoms with Gasteiger partial charge in [-0.1, -0.05) is 42.5 Å². The molecule has 0 bridgehead atoms. The minimum absolute atomic E-state index is 0.00498. The molecule has 1 aliphatic rings. The highest BCUT2D eigenvalue weighted by Crippen LogP contribution is 2.25. The highest BCUT2D eigenvalue weighted by atomic mass is 16.5. The number of aromatic nitrogens is 2. The van der Waals surface area contributed by atoms with E-state index in [1.54, 1.807) is 24.3 Å². The summed E-state index contributed by atoms with van der Waals surface area (Å²) in [7, 11) is 1.38. The smallest absolute Gasteiger partial charge is 0.308 e. The van der Waals surface area contributed by atoms with Crippen molar-refractivity contribution < 1.29 is 14.3 Å². The van der Waals surface area contributed by atoms with E-state index in [1.165, 1.54) is 17.9 Å². The maximum Gasteiger partial charge on any atom is 0.308 e. The quantitative estimate of drug-likeness (QED) is 0.553. The summed E-state index contributed by atoms with van der Waals surface area (Å²) in [6, 6.07) is 19.7. The standard InChI is InChI=1S/C27H26N4O4/c1-35-27(34)21-11-13-22(14-12-21)29-25(32)23-15-24(20-9-7-18(16-28)8-10-20)30-31(26(23)33)17-19-5-3-2-4-6-19/h2-10,15,21-22H,11-14,17H2,1H3,(H,29,32)/t21-,22-. The summed E-state index contributed by atoms with van der Waals surface area (Å²) in [4.78, 5) is 38.2. The molecule has 0 spiro atoms. The molecule has 1 heterocycles. The summed E-state index contributed by atoms with van der Waals surface area (Å²) in [6.45, 7) is 0.217. The van der Waals surface area contributed by atoms with Gasteiger partial charge in [-0.05, 0) is 49.4 Å². The number of benzene rings is 2. The Labute approximate surface area is 203 Å². The van der Waals surface area contributed by atoms with E-state index in [2.05, 4.69) is 16.5 Å². The highest BCUT2D eigenvalue weighted by molar-refractivity contribution is 5.95. The summed E-state index contributed by atoms with van der Waals surface area (Å²) < 4.78 is 6.13. The highest BCUT2D eigenvalue weighted by Gasteiger charge is 2.28. The molecule has 8 nitrogen and oxygen atoms in total. The number of nitriles is 1. The lowest BCUT2D eigenvalue weighted by atomic mass is 9.86. The van der Waals surface area contributed by atoms with Crippen LogP contribution in [0.4, 0.5) is 0 Å². The number of methoxy groups -OCH3 is 1. The molecule has 1 N–H and O–H groups in total. The Kier molecular flexibility index (Phi) is 7.36. The summed E-state index contributed by atoms with van der Waals surface area (Å²) in [5, 5.41) is 16.6. The van der Waals surface area contributed by atoms with Crippen LogP contribution < -0.4 is 10.9 Å². The van der Waals surface area contributed by atoms with Crippen LogP contribution in [0.15, 0.2) is 65.5 Å². The lowest BCUT2D eigenvalue weighted by Gasteiger charge is -2.27. The summed E-state index contributed by atoms with van der Waals surface area (Å²) in [6.07, 6.45) is 2.53. The second-order valence-corrected chi connectivity index (χ2v) is 8.63. The second-order valence-electron chi connectivity index (χ2n) is 8.63. The van der Waals surface area contributed by atoms with Gasteiger partial charge in [0.15, 0.2) is 0 Å². The molecule has 178 valence electrons. The number of amides is 1. The van der Waals surface area contributed by atoms with Gasteiger partial charge in [0, 0.05) is 11.6 Å². The van der Waals surface area contributed by atoms with Gasteiger partial charge in [0.2, 0.25) is 0 Å². The van der Waals surface area contributed by atoms with E-state index in [-0.39, 0.29) is 30.0 Å². The van der Waals surface area contributed by atoms with Crippen molar-refractivity contribution in [1.29, 1.82) is 5.26 Å². The number of ether oxygens (including phenoxy) is 1. The van der Waals surface area contributed by atoms with Crippen molar-refractivity contribution in [1.82, 2.24) is 15.1 Å². The van der Waals surface area contributed by atoms with Gasteiger partial charge in [0.05, 0.1) is 36.9 Å². The van der Waals surface area contributed by atoms with E-state index in [0.717, 1.165) is 5.56 Å². The first kappa shape index (κ1) is 23.9. The predicted molar refractivity (Wildman–Crippen MR) is 129 cm³/mol. The van der Waals surface area contributed by atoms with Crippen LogP contribution in [-0.2, 0) is 16.1 Å². The van der Waals surface area contributed by atoms with E-state index in [0.29, 0.717) is 42.5 Å². The first-order valence-corrected chi connectivity index (χ1v) is 11.5. The van der Waals surface area contributed by atoms with Crippen LogP contribution in [0.3, 0.4) is 0 Å². The third kappa shape index (κ3) is 5.64. The van der Waals surface area contributed by atoms with E-state index in [1.807, 2.05) is 30.3 Å². The summed E-state index contributed by atoms with van der Waals surface area (Å²) in [5.41, 5.74) is 2.07.